The van der Waals surface area contributed by atoms with Crippen molar-refractivity contribution in [1.29, 1.82) is 0 Å². The van der Waals surface area contributed by atoms with Gasteiger partial charge in [-0.05, 0) is 30.2 Å². The third-order valence-electron chi connectivity index (χ3n) is 3.93. The van der Waals surface area contributed by atoms with Crippen LogP contribution in [0.25, 0.3) is 11.4 Å². The van der Waals surface area contributed by atoms with Crippen molar-refractivity contribution in [3.63, 3.8) is 0 Å². The van der Waals surface area contributed by atoms with Gasteiger partial charge in [0.15, 0.2) is 6.61 Å². The highest BCUT2D eigenvalue weighted by Gasteiger charge is 2.13. The van der Waals surface area contributed by atoms with Gasteiger partial charge in [0.2, 0.25) is 5.82 Å². The van der Waals surface area contributed by atoms with E-state index in [-0.39, 0.29) is 24.6 Å². The summed E-state index contributed by atoms with van der Waals surface area (Å²) in [6, 6.07) is 12.9. The fourth-order valence-corrected chi connectivity index (χ4v) is 2.40. The third-order valence-corrected chi connectivity index (χ3v) is 3.93. The van der Waals surface area contributed by atoms with Crippen LogP contribution in [0, 0.1) is 5.82 Å². The summed E-state index contributed by atoms with van der Waals surface area (Å²) in [4.78, 5) is 27.8. The Hall–Kier alpha value is -3.55. The highest BCUT2D eigenvalue weighted by atomic mass is 19.1. The highest BCUT2D eigenvalue weighted by Crippen LogP contribution is 2.17. The van der Waals surface area contributed by atoms with E-state index in [4.69, 9.17) is 9.26 Å². The quantitative estimate of drug-likeness (QED) is 0.631. The van der Waals surface area contributed by atoms with E-state index in [2.05, 4.69) is 22.4 Å². The number of nitrogens with one attached hydrogen (secondary N) is 1. The number of nitrogens with zero attached hydrogens (tertiary/aromatic N) is 2. The van der Waals surface area contributed by atoms with Gasteiger partial charge in [-0.2, -0.15) is 4.98 Å². The van der Waals surface area contributed by atoms with Crippen LogP contribution < -0.4 is 5.32 Å². The number of hydrogen-bond donors (Lipinski definition) is 1. The minimum Gasteiger partial charge on any atom is -0.454 e. The first kappa shape index (κ1) is 19.2. The smallest absolute Gasteiger partial charge is 0.325 e. The van der Waals surface area contributed by atoms with Gasteiger partial charge >= 0.3 is 5.97 Å². The average molecular weight is 383 g/mol. The van der Waals surface area contributed by atoms with E-state index in [0.29, 0.717) is 5.82 Å². The molecule has 1 heterocycles. The molecule has 1 amide bonds. The molecule has 0 saturated carbocycles. The van der Waals surface area contributed by atoms with Crippen LogP contribution in [-0.2, 0) is 22.6 Å². The number of hydrogen-bond acceptors (Lipinski definition) is 6. The molecule has 1 aromatic heterocycles. The van der Waals surface area contributed by atoms with Crippen molar-refractivity contribution in [1.82, 2.24) is 15.5 Å². The molecule has 0 fully saturated rings. The number of carbonyl (C=O) groups is 2. The maximum atomic E-state index is 13.1. The second kappa shape index (κ2) is 8.90. The van der Waals surface area contributed by atoms with Crippen LogP contribution in [0.5, 0.6) is 0 Å². The summed E-state index contributed by atoms with van der Waals surface area (Å²) in [6.07, 6.45) is 0.934. The summed E-state index contributed by atoms with van der Waals surface area (Å²) in [5.41, 5.74) is 2.10. The molecule has 1 N–H and O–H groups in total. The molecule has 0 atom stereocenters. The summed E-state index contributed by atoms with van der Waals surface area (Å²) in [5, 5.41) is 6.22. The van der Waals surface area contributed by atoms with Gasteiger partial charge < -0.3 is 14.6 Å². The summed E-state index contributed by atoms with van der Waals surface area (Å²) >= 11 is 0. The molecule has 0 saturated heterocycles. The SMILES string of the molecule is CCc1ccc(-c2noc(COC(=O)CNC(=O)c3cccc(F)c3)n2)cc1. The lowest BCUT2D eigenvalue weighted by Crippen LogP contribution is -2.30. The molecule has 0 spiro atoms. The molecular weight excluding hydrogens is 365 g/mol. The molecule has 3 aromatic rings. The number of esters is 1. The first-order valence-electron chi connectivity index (χ1n) is 8.66. The second-order valence-corrected chi connectivity index (χ2v) is 5.92. The fourth-order valence-electron chi connectivity index (χ4n) is 2.40. The number of halogens is 1. The Bertz CT molecular complexity index is 970. The van der Waals surface area contributed by atoms with E-state index in [0.717, 1.165) is 18.1 Å². The molecule has 0 bridgehead atoms. The van der Waals surface area contributed by atoms with Crippen molar-refractivity contribution >= 4 is 11.9 Å². The van der Waals surface area contributed by atoms with Gasteiger partial charge in [-0.1, -0.05) is 42.4 Å². The zero-order chi connectivity index (χ0) is 19.9. The number of carbonyl (C=O) groups excluding carboxylic acids is 2. The van der Waals surface area contributed by atoms with E-state index in [1.165, 1.54) is 23.8 Å². The van der Waals surface area contributed by atoms with Crippen LogP contribution in [0.3, 0.4) is 0 Å². The van der Waals surface area contributed by atoms with Crippen molar-refractivity contribution < 1.29 is 23.2 Å². The lowest BCUT2D eigenvalue weighted by atomic mass is 10.1. The Morgan fingerprint density at radius 2 is 1.96 bits per heavy atom. The van der Waals surface area contributed by atoms with Gasteiger partial charge in [-0.3, -0.25) is 9.59 Å². The molecule has 8 heteroatoms. The Labute approximate surface area is 160 Å². The number of aromatic nitrogens is 2. The van der Waals surface area contributed by atoms with Crippen LogP contribution in [0.4, 0.5) is 4.39 Å². The molecule has 144 valence electrons. The normalized spacial score (nSPS) is 10.5. The van der Waals surface area contributed by atoms with E-state index in [1.54, 1.807) is 0 Å². The van der Waals surface area contributed by atoms with E-state index < -0.39 is 17.7 Å². The van der Waals surface area contributed by atoms with Crippen molar-refractivity contribution in [2.24, 2.45) is 0 Å². The minimum atomic E-state index is -0.684. The van der Waals surface area contributed by atoms with Gasteiger partial charge in [0.1, 0.15) is 12.4 Å². The molecule has 0 aliphatic carbocycles. The monoisotopic (exact) mass is 383 g/mol. The number of benzene rings is 2. The van der Waals surface area contributed by atoms with E-state index in [9.17, 15) is 14.0 Å². The van der Waals surface area contributed by atoms with Gasteiger partial charge in [0.05, 0.1) is 0 Å². The largest absolute Gasteiger partial charge is 0.454 e. The maximum absolute atomic E-state index is 13.1. The predicted molar refractivity (Wildman–Crippen MR) is 97.6 cm³/mol. The first-order chi connectivity index (χ1) is 13.5. The Morgan fingerprint density at radius 3 is 2.68 bits per heavy atom. The standard InChI is InChI=1S/C20H18FN3O4/c1-2-13-6-8-14(9-7-13)19-23-17(28-24-19)12-27-18(25)11-22-20(26)15-4-3-5-16(21)10-15/h3-10H,2,11-12H2,1H3,(H,22,26). The molecule has 0 unspecified atom stereocenters. The van der Waals surface area contributed by atoms with Crippen molar-refractivity contribution in [2.45, 2.75) is 20.0 Å². The first-order valence-corrected chi connectivity index (χ1v) is 8.66. The van der Waals surface area contributed by atoms with Crippen LogP contribution in [0.15, 0.2) is 53.1 Å². The van der Waals surface area contributed by atoms with Crippen LogP contribution >= 0.6 is 0 Å². The Balaban J connectivity index is 1.48. The zero-order valence-corrected chi connectivity index (χ0v) is 15.1. The highest BCUT2D eigenvalue weighted by molar-refractivity contribution is 5.95. The number of ether oxygens (including phenoxy) is 1. The van der Waals surface area contributed by atoms with Crippen molar-refractivity contribution in [3.8, 4) is 11.4 Å². The molecule has 0 aliphatic heterocycles. The predicted octanol–water partition coefficient (Wildman–Crippen LogP) is 2.91. The molecule has 28 heavy (non-hydrogen) atoms. The molecule has 3 rings (SSSR count). The molecule has 2 aromatic carbocycles. The van der Waals surface area contributed by atoms with Crippen molar-refractivity contribution in [3.05, 3.63) is 71.4 Å². The molecule has 0 radical (unpaired) electrons. The van der Waals surface area contributed by atoms with Crippen LogP contribution in [0.2, 0.25) is 0 Å². The second-order valence-electron chi connectivity index (χ2n) is 5.92. The van der Waals surface area contributed by atoms with Gasteiger partial charge in [0, 0.05) is 11.1 Å². The van der Waals surface area contributed by atoms with Crippen molar-refractivity contribution in [2.75, 3.05) is 6.54 Å². The van der Waals surface area contributed by atoms with Crippen LogP contribution in [0.1, 0.15) is 28.7 Å². The van der Waals surface area contributed by atoms with Gasteiger partial charge in [0.25, 0.3) is 11.8 Å². The summed E-state index contributed by atoms with van der Waals surface area (Å²) in [7, 11) is 0. The van der Waals surface area contributed by atoms with E-state index in [1.807, 2.05) is 24.3 Å². The van der Waals surface area contributed by atoms with Gasteiger partial charge in [-0.15, -0.1) is 0 Å². The maximum Gasteiger partial charge on any atom is 0.325 e. The summed E-state index contributed by atoms with van der Waals surface area (Å²) < 4.78 is 23.2. The Kier molecular flexibility index (Phi) is 6.11. The molecular formula is C20H18FN3O4. The summed E-state index contributed by atoms with van der Waals surface area (Å²) in [5.74, 6) is -1.26. The lowest BCUT2D eigenvalue weighted by molar-refractivity contribution is -0.144. The number of aryl methyl sites for hydroxylation is 1. The van der Waals surface area contributed by atoms with Crippen LogP contribution in [-0.4, -0.2) is 28.6 Å². The summed E-state index contributed by atoms with van der Waals surface area (Å²) in [6.45, 7) is 1.49. The number of rotatable bonds is 7. The molecule has 0 aliphatic rings. The molecule has 7 nitrogen and oxygen atoms in total. The van der Waals surface area contributed by atoms with Gasteiger partial charge in [-0.25, -0.2) is 4.39 Å². The number of amides is 1. The average Bonchev–Trinajstić information content (AvgIpc) is 3.19. The fraction of sp³-hybridized carbons (Fsp3) is 0.200. The lowest BCUT2D eigenvalue weighted by Gasteiger charge is -2.05. The topological polar surface area (TPSA) is 94.3 Å². The zero-order valence-electron chi connectivity index (χ0n) is 15.1. The Morgan fingerprint density at radius 1 is 1.18 bits per heavy atom. The minimum absolute atomic E-state index is 0.114. The van der Waals surface area contributed by atoms with E-state index >= 15 is 0 Å². The third kappa shape index (κ3) is 5.00.